The molecule has 0 aliphatic rings. The minimum absolute atomic E-state index is 0.165. The Labute approximate surface area is 117 Å². The van der Waals surface area contributed by atoms with Crippen LogP contribution in [0.4, 0.5) is 0 Å². The van der Waals surface area contributed by atoms with Crippen LogP contribution in [0.3, 0.4) is 0 Å². The van der Waals surface area contributed by atoms with Gasteiger partial charge in [-0.1, -0.05) is 13.0 Å². The van der Waals surface area contributed by atoms with Gasteiger partial charge < -0.3 is 14.6 Å². The van der Waals surface area contributed by atoms with Crippen molar-refractivity contribution >= 4 is 15.9 Å². The number of aliphatic hydroxyl groups is 1. The predicted octanol–water partition coefficient (Wildman–Crippen LogP) is 2.28. The molecule has 0 spiro atoms. The molecule has 1 aromatic rings. The number of methoxy groups -OCH3 is 2. The minimum atomic E-state index is 0.165. The Balaban J connectivity index is 2.96. The van der Waals surface area contributed by atoms with E-state index in [1.54, 1.807) is 14.2 Å². The summed E-state index contributed by atoms with van der Waals surface area (Å²) < 4.78 is 11.5. The molecule has 0 unspecified atom stereocenters. The molecular formula is C13H20BrNO3. The number of halogens is 1. The summed E-state index contributed by atoms with van der Waals surface area (Å²) in [5.41, 5.74) is 1.11. The van der Waals surface area contributed by atoms with Gasteiger partial charge in [-0.2, -0.15) is 0 Å². The minimum Gasteiger partial charge on any atom is -0.493 e. The number of likely N-dealkylation sites (N-methyl/N-ethyl adjacent to an activating group) is 1. The SMILES string of the molecule is CCN(CCO)Cc1ccc(OC)c(OC)c1Br. The van der Waals surface area contributed by atoms with Crippen LogP contribution in [0.1, 0.15) is 12.5 Å². The first-order valence-electron chi connectivity index (χ1n) is 5.90. The van der Waals surface area contributed by atoms with Crippen LogP contribution in [0.5, 0.6) is 11.5 Å². The van der Waals surface area contributed by atoms with Gasteiger partial charge in [0.05, 0.1) is 25.3 Å². The highest BCUT2D eigenvalue weighted by Crippen LogP contribution is 2.37. The van der Waals surface area contributed by atoms with E-state index in [0.29, 0.717) is 18.0 Å². The van der Waals surface area contributed by atoms with E-state index >= 15 is 0 Å². The Hall–Kier alpha value is -0.780. The number of hydrogen-bond acceptors (Lipinski definition) is 4. The van der Waals surface area contributed by atoms with E-state index < -0.39 is 0 Å². The van der Waals surface area contributed by atoms with Crippen LogP contribution in [-0.4, -0.2) is 43.9 Å². The Bertz CT molecular complexity index is 385. The molecule has 0 saturated heterocycles. The molecule has 1 rings (SSSR count). The fourth-order valence-electron chi connectivity index (χ4n) is 1.78. The number of rotatable bonds is 7. The fraction of sp³-hybridized carbons (Fsp3) is 0.538. The van der Waals surface area contributed by atoms with Crippen molar-refractivity contribution in [3.63, 3.8) is 0 Å². The van der Waals surface area contributed by atoms with Crippen LogP contribution in [-0.2, 0) is 6.54 Å². The number of ether oxygens (including phenoxy) is 2. The van der Waals surface area contributed by atoms with E-state index in [0.717, 1.165) is 23.1 Å². The van der Waals surface area contributed by atoms with Gasteiger partial charge in [0.15, 0.2) is 11.5 Å². The summed E-state index contributed by atoms with van der Waals surface area (Å²) in [5.74, 6) is 1.41. The maximum atomic E-state index is 9.00. The molecule has 1 N–H and O–H groups in total. The average molecular weight is 318 g/mol. The number of benzene rings is 1. The van der Waals surface area contributed by atoms with Crippen molar-refractivity contribution in [3.8, 4) is 11.5 Å². The highest BCUT2D eigenvalue weighted by atomic mass is 79.9. The molecule has 0 saturated carbocycles. The summed E-state index contributed by atoms with van der Waals surface area (Å²) in [6.07, 6.45) is 0. The Morgan fingerprint density at radius 3 is 2.50 bits per heavy atom. The van der Waals surface area contributed by atoms with Crippen LogP contribution < -0.4 is 9.47 Å². The molecule has 0 atom stereocenters. The van der Waals surface area contributed by atoms with E-state index in [9.17, 15) is 0 Å². The van der Waals surface area contributed by atoms with Gasteiger partial charge in [0, 0.05) is 13.1 Å². The molecule has 1 aromatic carbocycles. The second kappa shape index (κ2) is 7.61. The van der Waals surface area contributed by atoms with Crippen LogP contribution in [0, 0.1) is 0 Å². The lowest BCUT2D eigenvalue weighted by Gasteiger charge is -2.21. The monoisotopic (exact) mass is 317 g/mol. The lowest BCUT2D eigenvalue weighted by molar-refractivity contribution is 0.196. The standard InChI is InChI=1S/C13H20BrNO3/c1-4-15(7-8-16)9-10-5-6-11(17-2)13(18-3)12(10)14/h5-6,16H,4,7-9H2,1-3H3. The maximum absolute atomic E-state index is 9.00. The molecule has 18 heavy (non-hydrogen) atoms. The van der Waals surface area contributed by atoms with Crippen LogP contribution in [0.25, 0.3) is 0 Å². The highest BCUT2D eigenvalue weighted by Gasteiger charge is 2.14. The molecule has 0 aliphatic heterocycles. The first-order chi connectivity index (χ1) is 8.67. The zero-order valence-electron chi connectivity index (χ0n) is 11.1. The normalized spacial score (nSPS) is 10.8. The van der Waals surface area contributed by atoms with E-state index in [1.807, 2.05) is 12.1 Å². The average Bonchev–Trinajstić information content (AvgIpc) is 2.39. The third-order valence-corrected chi connectivity index (χ3v) is 3.69. The van der Waals surface area contributed by atoms with Crippen molar-refractivity contribution in [1.29, 1.82) is 0 Å². The van der Waals surface area contributed by atoms with Crippen molar-refractivity contribution in [2.24, 2.45) is 0 Å². The van der Waals surface area contributed by atoms with Crippen molar-refractivity contribution in [1.82, 2.24) is 4.90 Å². The van der Waals surface area contributed by atoms with E-state index in [1.165, 1.54) is 0 Å². The highest BCUT2D eigenvalue weighted by molar-refractivity contribution is 9.10. The van der Waals surface area contributed by atoms with Crippen molar-refractivity contribution in [2.45, 2.75) is 13.5 Å². The summed E-state index contributed by atoms with van der Waals surface area (Å²) in [6.45, 7) is 4.56. The van der Waals surface area contributed by atoms with Crippen LogP contribution in [0.2, 0.25) is 0 Å². The molecule has 0 heterocycles. The number of hydrogen-bond donors (Lipinski definition) is 1. The first kappa shape index (κ1) is 15.3. The summed E-state index contributed by atoms with van der Waals surface area (Å²) in [5, 5.41) is 9.00. The largest absolute Gasteiger partial charge is 0.493 e. The second-order valence-corrected chi connectivity index (χ2v) is 4.66. The van der Waals surface area contributed by atoms with Gasteiger partial charge in [0.2, 0.25) is 0 Å². The molecular weight excluding hydrogens is 298 g/mol. The Morgan fingerprint density at radius 2 is 2.00 bits per heavy atom. The second-order valence-electron chi connectivity index (χ2n) is 3.87. The summed E-state index contributed by atoms with van der Waals surface area (Å²) in [4.78, 5) is 2.16. The molecule has 102 valence electrons. The topological polar surface area (TPSA) is 41.9 Å². The van der Waals surface area contributed by atoms with Crippen LogP contribution in [0.15, 0.2) is 16.6 Å². The number of nitrogens with zero attached hydrogens (tertiary/aromatic N) is 1. The number of aliphatic hydroxyl groups excluding tert-OH is 1. The molecule has 4 nitrogen and oxygen atoms in total. The third-order valence-electron chi connectivity index (χ3n) is 2.82. The van der Waals surface area contributed by atoms with Crippen molar-refractivity contribution in [3.05, 3.63) is 22.2 Å². The van der Waals surface area contributed by atoms with Gasteiger partial charge in [0.1, 0.15) is 0 Å². The Kier molecular flexibility index (Phi) is 6.46. The lowest BCUT2D eigenvalue weighted by atomic mass is 10.2. The van der Waals surface area contributed by atoms with Crippen molar-refractivity contribution in [2.75, 3.05) is 33.9 Å². The molecule has 0 amide bonds. The molecule has 0 aliphatic carbocycles. The first-order valence-corrected chi connectivity index (χ1v) is 6.69. The van der Waals surface area contributed by atoms with E-state index in [2.05, 4.69) is 27.8 Å². The Morgan fingerprint density at radius 1 is 1.28 bits per heavy atom. The molecule has 5 heteroatoms. The van der Waals surface area contributed by atoms with Gasteiger partial charge in [-0.25, -0.2) is 0 Å². The van der Waals surface area contributed by atoms with Gasteiger partial charge in [-0.3, -0.25) is 4.90 Å². The predicted molar refractivity (Wildman–Crippen MR) is 75.3 cm³/mol. The zero-order chi connectivity index (χ0) is 13.5. The summed E-state index contributed by atoms with van der Waals surface area (Å²) >= 11 is 3.55. The molecule has 0 fully saturated rings. The quantitative estimate of drug-likeness (QED) is 0.837. The molecule has 0 bridgehead atoms. The van der Waals surface area contributed by atoms with Gasteiger partial charge >= 0.3 is 0 Å². The third kappa shape index (κ3) is 3.60. The molecule has 0 aromatic heterocycles. The fourth-order valence-corrected chi connectivity index (χ4v) is 2.40. The molecule has 0 radical (unpaired) electrons. The smallest absolute Gasteiger partial charge is 0.175 e. The summed E-state index contributed by atoms with van der Waals surface area (Å²) in [7, 11) is 3.24. The van der Waals surface area contributed by atoms with Crippen molar-refractivity contribution < 1.29 is 14.6 Å². The van der Waals surface area contributed by atoms with Gasteiger partial charge in [-0.15, -0.1) is 0 Å². The van der Waals surface area contributed by atoms with Gasteiger partial charge in [0.25, 0.3) is 0 Å². The van der Waals surface area contributed by atoms with Gasteiger partial charge in [-0.05, 0) is 34.1 Å². The maximum Gasteiger partial charge on any atom is 0.175 e. The lowest BCUT2D eigenvalue weighted by Crippen LogP contribution is -2.26. The zero-order valence-corrected chi connectivity index (χ0v) is 12.7. The van der Waals surface area contributed by atoms with E-state index in [4.69, 9.17) is 14.6 Å². The van der Waals surface area contributed by atoms with E-state index in [-0.39, 0.29) is 6.61 Å². The van der Waals surface area contributed by atoms with Crippen LogP contribution >= 0.6 is 15.9 Å². The summed E-state index contributed by atoms with van der Waals surface area (Å²) in [6, 6.07) is 3.90.